The summed E-state index contributed by atoms with van der Waals surface area (Å²) in [5, 5.41) is 4.10. The summed E-state index contributed by atoms with van der Waals surface area (Å²) in [5.74, 6) is -3.18. The molecule has 0 radical (unpaired) electrons. The molecule has 5 nitrogen and oxygen atoms in total. The molecule has 0 amide bonds. The number of nitrogens with zero attached hydrogens (tertiary/aromatic N) is 3. The standard InChI is InChI=1S/C24H20FN3O2/c1-2-16-30-22(29)23(20-12-7-4-8-13-20)15-9-14-21(19-10-5-3-6-11-19)24(23,25)28-18-26-17-27-28/h2-15,17-18H,1,16H2. The van der Waals surface area contributed by atoms with Crippen molar-refractivity contribution in [3.8, 4) is 0 Å². The van der Waals surface area contributed by atoms with Crippen LogP contribution in [0.5, 0.6) is 0 Å². The fourth-order valence-corrected chi connectivity index (χ4v) is 3.86. The Labute approximate surface area is 173 Å². The van der Waals surface area contributed by atoms with Crippen LogP contribution in [0.3, 0.4) is 0 Å². The van der Waals surface area contributed by atoms with Gasteiger partial charge in [0.15, 0.2) is 5.41 Å². The van der Waals surface area contributed by atoms with Gasteiger partial charge in [-0.05, 0) is 11.1 Å². The number of alkyl halides is 1. The van der Waals surface area contributed by atoms with Gasteiger partial charge in [-0.2, -0.15) is 5.10 Å². The zero-order valence-corrected chi connectivity index (χ0v) is 16.2. The first kappa shape index (κ1) is 19.5. The van der Waals surface area contributed by atoms with E-state index < -0.39 is 17.2 Å². The molecule has 1 aliphatic carbocycles. The van der Waals surface area contributed by atoms with Crippen molar-refractivity contribution in [2.24, 2.45) is 0 Å². The number of hydrogen-bond donors (Lipinski definition) is 0. The van der Waals surface area contributed by atoms with Crippen LogP contribution in [0.4, 0.5) is 4.39 Å². The number of halogens is 1. The Morgan fingerprint density at radius 2 is 1.83 bits per heavy atom. The van der Waals surface area contributed by atoms with Gasteiger partial charge in [0.2, 0.25) is 0 Å². The van der Waals surface area contributed by atoms with Gasteiger partial charge in [0.25, 0.3) is 5.79 Å². The minimum Gasteiger partial charge on any atom is -0.460 e. The molecule has 30 heavy (non-hydrogen) atoms. The molecule has 0 bridgehead atoms. The molecule has 0 N–H and O–H groups in total. The van der Waals surface area contributed by atoms with Gasteiger partial charge in [-0.3, -0.25) is 4.79 Å². The van der Waals surface area contributed by atoms with Gasteiger partial charge in [0, 0.05) is 5.57 Å². The Morgan fingerprint density at radius 1 is 1.13 bits per heavy atom. The summed E-state index contributed by atoms with van der Waals surface area (Å²) in [5.41, 5.74) is -0.493. The van der Waals surface area contributed by atoms with Crippen molar-refractivity contribution < 1.29 is 13.9 Å². The molecule has 1 heterocycles. The van der Waals surface area contributed by atoms with Crippen molar-refractivity contribution in [3.05, 3.63) is 115 Å². The van der Waals surface area contributed by atoms with E-state index in [2.05, 4.69) is 16.7 Å². The molecule has 1 aliphatic rings. The Bertz CT molecular complexity index is 1090. The van der Waals surface area contributed by atoms with Gasteiger partial charge in [0.1, 0.15) is 19.3 Å². The van der Waals surface area contributed by atoms with Crippen LogP contribution in [0.25, 0.3) is 5.57 Å². The molecule has 0 saturated carbocycles. The summed E-state index contributed by atoms with van der Waals surface area (Å²) >= 11 is 0. The third-order valence-corrected chi connectivity index (χ3v) is 5.19. The van der Waals surface area contributed by atoms with Crippen LogP contribution in [0, 0.1) is 0 Å². The average Bonchev–Trinajstić information content (AvgIpc) is 3.34. The number of hydrogen-bond acceptors (Lipinski definition) is 4. The molecule has 3 aromatic rings. The van der Waals surface area contributed by atoms with Crippen LogP contribution in [0.2, 0.25) is 0 Å². The first-order valence-electron chi connectivity index (χ1n) is 9.47. The van der Waals surface area contributed by atoms with Crippen LogP contribution in [-0.4, -0.2) is 27.3 Å². The van der Waals surface area contributed by atoms with Crippen molar-refractivity contribution in [3.63, 3.8) is 0 Å². The summed E-state index contributed by atoms with van der Waals surface area (Å²) in [7, 11) is 0. The van der Waals surface area contributed by atoms with Crippen molar-refractivity contribution in [2.45, 2.75) is 11.2 Å². The fourth-order valence-electron chi connectivity index (χ4n) is 3.86. The van der Waals surface area contributed by atoms with E-state index in [1.165, 1.54) is 24.8 Å². The fraction of sp³-hybridized carbons (Fsp3) is 0.125. The van der Waals surface area contributed by atoms with Crippen LogP contribution < -0.4 is 0 Å². The Balaban J connectivity index is 2.03. The molecule has 0 saturated heterocycles. The third-order valence-electron chi connectivity index (χ3n) is 5.19. The largest absolute Gasteiger partial charge is 0.460 e. The minimum atomic E-state index is -2.43. The second-order valence-corrected chi connectivity index (χ2v) is 6.83. The maximum absolute atomic E-state index is 17.6. The van der Waals surface area contributed by atoms with E-state index in [0.29, 0.717) is 11.1 Å². The van der Waals surface area contributed by atoms with E-state index in [4.69, 9.17) is 4.74 Å². The molecule has 0 fully saturated rings. The molecule has 150 valence electrons. The lowest BCUT2D eigenvalue weighted by atomic mass is 9.66. The van der Waals surface area contributed by atoms with E-state index in [9.17, 15) is 4.79 Å². The third kappa shape index (κ3) is 2.88. The molecular weight excluding hydrogens is 381 g/mol. The lowest BCUT2D eigenvalue weighted by Crippen LogP contribution is -2.56. The molecule has 0 aliphatic heterocycles. The molecule has 2 aromatic carbocycles. The number of carbonyl (C=O) groups is 1. The quantitative estimate of drug-likeness (QED) is 0.458. The highest BCUT2D eigenvalue weighted by atomic mass is 19.1. The lowest BCUT2D eigenvalue weighted by Gasteiger charge is -2.44. The summed E-state index contributed by atoms with van der Waals surface area (Å²) in [6, 6.07) is 17.8. The van der Waals surface area contributed by atoms with Gasteiger partial charge in [-0.1, -0.05) is 91.5 Å². The van der Waals surface area contributed by atoms with Gasteiger partial charge < -0.3 is 4.74 Å². The van der Waals surface area contributed by atoms with E-state index in [-0.39, 0.29) is 12.2 Å². The normalized spacial score (nSPS) is 22.9. The number of carbonyl (C=O) groups excluding carboxylic acids is 1. The number of ether oxygens (including phenoxy) is 1. The highest BCUT2D eigenvalue weighted by Gasteiger charge is 2.63. The number of rotatable bonds is 6. The molecule has 0 spiro atoms. The van der Waals surface area contributed by atoms with Gasteiger partial charge >= 0.3 is 5.97 Å². The second-order valence-electron chi connectivity index (χ2n) is 6.83. The Morgan fingerprint density at radius 3 is 2.47 bits per heavy atom. The summed E-state index contributed by atoms with van der Waals surface area (Å²) in [4.78, 5) is 17.5. The van der Waals surface area contributed by atoms with E-state index >= 15 is 4.39 Å². The maximum atomic E-state index is 17.6. The van der Waals surface area contributed by atoms with E-state index in [0.717, 1.165) is 4.68 Å². The van der Waals surface area contributed by atoms with E-state index in [1.54, 1.807) is 48.6 Å². The lowest BCUT2D eigenvalue weighted by molar-refractivity contribution is -0.155. The molecule has 6 heteroatoms. The highest BCUT2D eigenvalue weighted by Crippen LogP contribution is 2.53. The molecule has 2 atom stereocenters. The van der Waals surface area contributed by atoms with Crippen molar-refractivity contribution in [1.82, 2.24) is 14.8 Å². The average molecular weight is 401 g/mol. The summed E-state index contributed by atoms with van der Waals surface area (Å²) in [6.07, 6.45) is 8.83. The first-order valence-corrected chi connectivity index (χ1v) is 9.47. The van der Waals surface area contributed by atoms with Crippen molar-refractivity contribution in [2.75, 3.05) is 6.61 Å². The van der Waals surface area contributed by atoms with Gasteiger partial charge in [-0.15, -0.1) is 0 Å². The van der Waals surface area contributed by atoms with Crippen LogP contribution in [0.1, 0.15) is 11.1 Å². The SMILES string of the molecule is C=CCOC(=O)C1(c2ccccc2)C=CC=C(c2ccccc2)C1(F)n1cncn1. The van der Waals surface area contributed by atoms with Crippen molar-refractivity contribution in [1.29, 1.82) is 0 Å². The molecule has 4 rings (SSSR count). The topological polar surface area (TPSA) is 57.0 Å². The summed E-state index contributed by atoms with van der Waals surface area (Å²) in [6.45, 7) is 3.55. The van der Waals surface area contributed by atoms with Crippen molar-refractivity contribution >= 4 is 11.5 Å². The smallest absolute Gasteiger partial charge is 0.326 e. The highest BCUT2D eigenvalue weighted by molar-refractivity contribution is 5.93. The molecule has 1 aromatic heterocycles. The van der Waals surface area contributed by atoms with Crippen LogP contribution >= 0.6 is 0 Å². The number of allylic oxidation sites excluding steroid dienone is 3. The number of esters is 1. The van der Waals surface area contributed by atoms with Gasteiger partial charge in [0.05, 0.1) is 0 Å². The summed E-state index contributed by atoms with van der Waals surface area (Å²) < 4.78 is 24.1. The minimum absolute atomic E-state index is 0.0426. The zero-order valence-electron chi connectivity index (χ0n) is 16.2. The zero-order chi connectivity index (χ0) is 21.0. The number of aromatic nitrogens is 3. The van der Waals surface area contributed by atoms with E-state index in [1.807, 2.05) is 24.3 Å². The van der Waals surface area contributed by atoms with Gasteiger partial charge in [-0.25, -0.2) is 14.1 Å². The Kier molecular flexibility index (Phi) is 5.14. The Hall–Kier alpha value is -3.80. The molecule has 2 unspecified atom stereocenters. The second kappa shape index (κ2) is 7.91. The predicted molar refractivity (Wildman–Crippen MR) is 112 cm³/mol. The van der Waals surface area contributed by atoms with Crippen LogP contribution in [-0.2, 0) is 20.7 Å². The monoisotopic (exact) mass is 401 g/mol. The predicted octanol–water partition coefficient (Wildman–Crippen LogP) is 4.22. The molecular formula is C24H20FN3O2. The van der Waals surface area contributed by atoms with Crippen LogP contribution in [0.15, 0.2) is 104 Å². The maximum Gasteiger partial charge on any atom is 0.326 e. The number of benzene rings is 2. The first-order chi connectivity index (χ1) is 14.6.